The van der Waals surface area contributed by atoms with Crippen LogP contribution >= 0.6 is 11.3 Å². The lowest BCUT2D eigenvalue weighted by Gasteiger charge is -2.12. The summed E-state index contributed by atoms with van der Waals surface area (Å²) in [5.74, 6) is 0. The summed E-state index contributed by atoms with van der Waals surface area (Å²) >= 11 is 0.699. The Kier molecular flexibility index (Phi) is 2.23. The summed E-state index contributed by atoms with van der Waals surface area (Å²) in [5, 5.41) is -3.27. The average Bonchev–Trinajstić information content (AvgIpc) is 3.73. The highest BCUT2D eigenvalue weighted by molar-refractivity contribution is 7.25. The lowest BCUT2D eigenvalue weighted by molar-refractivity contribution is 1.59. The molecule has 0 atom stereocenters. The van der Waals surface area contributed by atoms with Gasteiger partial charge in [-0.05, 0) is 89.9 Å². The van der Waals surface area contributed by atoms with Gasteiger partial charge in [-0.1, -0.05) is 133 Å². The van der Waals surface area contributed by atoms with Crippen molar-refractivity contribution >= 4 is 63.8 Å². The fourth-order valence-corrected chi connectivity index (χ4v) is 5.83. The lowest BCUT2D eigenvalue weighted by Crippen LogP contribution is -1.86. The molecule has 0 aliphatic carbocycles. The molecule has 0 aliphatic heterocycles. The molecule has 0 saturated carbocycles. The van der Waals surface area contributed by atoms with Gasteiger partial charge in [0, 0.05) is 20.2 Å². The van der Waals surface area contributed by atoms with Crippen LogP contribution in [0, 0.1) is 0 Å². The highest BCUT2D eigenvalue weighted by Crippen LogP contribution is 2.39. The maximum absolute atomic E-state index is 9.60. The fourth-order valence-electron chi connectivity index (χ4n) is 4.86. The topological polar surface area (TPSA) is 0 Å². The maximum atomic E-state index is 9.60. The second kappa shape index (κ2) is 9.66. The Balaban J connectivity index is 1.39. The molecule has 0 radical (unpaired) electrons. The minimum Gasteiger partial charge on any atom is -0.135 e. The van der Waals surface area contributed by atoms with Crippen molar-refractivity contribution in [3.8, 4) is 33.4 Å². The summed E-state index contributed by atoms with van der Waals surface area (Å²) in [7, 11) is 0. The first-order chi connectivity index (χ1) is 32.2. The number of hydrogen-bond acceptors (Lipinski definition) is 1. The molecule has 9 aromatic rings. The molecule has 0 nitrogen and oxygen atoms in total. The Morgan fingerprint density at radius 2 is 0.698 bits per heavy atom. The molecule has 0 amide bonds. The Morgan fingerprint density at radius 1 is 0.279 bits per heavy atom. The van der Waals surface area contributed by atoms with E-state index in [-0.39, 0.29) is 20.2 Å². The number of thiophene rings is 1. The van der Waals surface area contributed by atoms with E-state index >= 15 is 0 Å². The summed E-state index contributed by atoms with van der Waals surface area (Å²) in [4.78, 5) is 0. The standard InChI is InChI=1S/C42H26S/c1-2-12-35-33(10-1)34-11-3-4-13-36(34)40-25-31(20-22-37(35)40)30-9-7-8-29(24-30)27-16-18-28(19-17-27)32-21-23-39-38-14-5-6-15-41(38)43-42(39)26-32/h1-26H/i1D,2D,3D,4D,5D,6D,7D,8D,9D,10D,11D,12D,13D,14D,15D,16D,17D,18D,19D,20D,21D,22D,23D,24D,25D,26D. The van der Waals surface area contributed by atoms with Crippen LogP contribution in [0.1, 0.15) is 35.6 Å². The van der Waals surface area contributed by atoms with Crippen molar-refractivity contribution in [2.45, 2.75) is 0 Å². The summed E-state index contributed by atoms with van der Waals surface area (Å²) in [6.07, 6.45) is 0. The summed E-state index contributed by atoms with van der Waals surface area (Å²) in [6.45, 7) is 0. The molecule has 1 heterocycles. The monoisotopic (exact) mass is 588 g/mol. The molecule has 1 heteroatoms. The third kappa shape index (κ3) is 3.97. The predicted molar refractivity (Wildman–Crippen MR) is 188 cm³/mol. The van der Waals surface area contributed by atoms with Gasteiger partial charge in [0.25, 0.3) is 0 Å². The zero-order valence-electron chi connectivity index (χ0n) is 47.4. The van der Waals surface area contributed by atoms with Gasteiger partial charge in [0.2, 0.25) is 0 Å². The van der Waals surface area contributed by atoms with Crippen LogP contribution in [0.3, 0.4) is 0 Å². The van der Waals surface area contributed by atoms with Gasteiger partial charge in [-0.3, -0.25) is 0 Å². The summed E-state index contributed by atoms with van der Waals surface area (Å²) in [6, 6.07) is -21.3. The quantitative estimate of drug-likeness (QED) is 0.180. The van der Waals surface area contributed by atoms with Gasteiger partial charge < -0.3 is 0 Å². The van der Waals surface area contributed by atoms with Crippen LogP contribution in [-0.4, -0.2) is 0 Å². The van der Waals surface area contributed by atoms with E-state index in [2.05, 4.69) is 0 Å². The van der Waals surface area contributed by atoms with Crippen molar-refractivity contribution in [3.63, 3.8) is 0 Å². The van der Waals surface area contributed by atoms with E-state index in [1.54, 1.807) is 0 Å². The number of hydrogen-bond donors (Lipinski definition) is 0. The molecule has 0 N–H and O–H groups in total. The Hall–Kier alpha value is -5.24. The predicted octanol–water partition coefficient (Wildman–Crippen LogP) is 12.5. The molecule has 0 unspecified atom stereocenters. The Morgan fingerprint density at radius 3 is 1.35 bits per heavy atom. The molecule has 43 heavy (non-hydrogen) atoms. The van der Waals surface area contributed by atoms with E-state index in [1.807, 2.05) is 0 Å². The van der Waals surface area contributed by atoms with Crippen LogP contribution in [0.25, 0.3) is 85.9 Å². The smallest absolute Gasteiger partial charge is 0.0644 e. The maximum Gasteiger partial charge on any atom is 0.0644 e. The van der Waals surface area contributed by atoms with Gasteiger partial charge in [0.05, 0.1) is 35.6 Å². The molecule has 1 aromatic heterocycles. The van der Waals surface area contributed by atoms with Crippen molar-refractivity contribution in [1.82, 2.24) is 0 Å². The molecular formula is C42H26S. The third-order valence-electron chi connectivity index (χ3n) is 6.82. The van der Waals surface area contributed by atoms with Crippen LogP contribution in [0.2, 0.25) is 0 Å². The normalized spacial score (nSPS) is 20.2. The molecule has 0 fully saturated rings. The minimum atomic E-state index is -1.02. The Labute approximate surface area is 290 Å². The van der Waals surface area contributed by atoms with Crippen LogP contribution in [-0.2, 0) is 0 Å². The molecular weight excluding hydrogens is 537 g/mol. The van der Waals surface area contributed by atoms with E-state index < -0.39 is 223 Å². The summed E-state index contributed by atoms with van der Waals surface area (Å²) < 4.78 is 230. The van der Waals surface area contributed by atoms with E-state index in [0.717, 1.165) is 0 Å². The largest absolute Gasteiger partial charge is 0.135 e. The van der Waals surface area contributed by atoms with Gasteiger partial charge in [0.1, 0.15) is 0 Å². The molecule has 0 spiro atoms. The van der Waals surface area contributed by atoms with Crippen molar-refractivity contribution in [2.75, 3.05) is 0 Å². The molecule has 9 rings (SSSR count). The van der Waals surface area contributed by atoms with Crippen molar-refractivity contribution in [1.29, 1.82) is 0 Å². The molecule has 0 aliphatic rings. The van der Waals surface area contributed by atoms with E-state index in [4.69, 9.17) is 27.4 Å². The number of fused-ring (bicyclic) bond motifs is 9. The van der Waals surface area contributed by atoms with Crippen molar-refractivity contribution in [3.05, 3.63) is 157 Å². The van der Waals surface area contributed by atoms with Crippen LogP contribution in [0.5, 0.6) is 0 Å². The highest BCUT2D eigenvalue weighted by Gasteiger charge is 2.11. The second-order valence-corrected chi connectivity index (χ2v) is 10.3. The van der Waals surface area contributed by atoms with E-state index in [1.165, 1.54) is 0 Å². The molecule has 8 aromatic carbocycles. The fraction of sp³-hybridized carbons (Fsp3) is 0. The first kappa shape index (κ1) is 9.91. The SMILES string of the molecule is [2H]c1c([2H])c(-c2c([2H])c([2H])c(-c3c([2H])c([2H])c4c(sc5c([2H])c([2H])c([2H])c([2H])c54)c3[2H])c([2H])c2[2H])c([2H])c(-c2c([2H])c([2H])c3c4c([2H])c([2H])c([2H])c([2H])c4c4c([2H])c([2H])c([2H])c([2H])c4c3c2[2H])c1[2H]. The number of benzene rings is 8. The van der Waals surface area contributed by atoms with Crippen molar-refractivity contribution < 1.29 is 35.6 Å². The lowest BCUT2D eigenvalue weighted by atomic mass is 9.91. The van der Waals surface area contributed by atoms with Crippen molar-refractivity contribution in [2.24, 2.45) is 0 Å². The van der Waals surface area contributed by atoms with Crippen LogP contribution in [0.4, 0.5) is 0 Å². The van der Waals surface area contributed by atoms with Gasteiger partial charge >= 0.3 is 0 Å². The van der Waals surface area contributed by atoms with Gasteiger partial charge in [-0.2, -0.15) is 0 Å². The first-order valence-electron chi connectivity index (χ1n) is 25.7. The van der Waals surface area contributed by atoms with Crippen LogP contribution < -0.4 is 0 Å². The summed E-state index contributed by atoms with van der Waals surface area (Å²) in [5.41, 5.74) is -4.54. The molecule has 200 valence electrons. The zero-order chi connectivity index (χ0) is 51.0. The minimum absolute atomic E-state index is 0.0373. The van der Waals surface area contributed by atoms with E-state index in [9.17, 15) is 8.22 Å². The highest BCUT2D eigenvalue weighted by atomic mass is 32.1. The second-order valence-electron chi connectivity index (χ2n) is 9.26. The van der Waals surface area contributed by atoms with E-state index in [0.29, 0.717) is 11.3 Å². The molecule has 0 bridgehead atoms. The molecule has 0 saturated heterocycles. The van der Waals surface area contributed by atoms with Crippen LogP contribution in [0.15, 0.2) is 157 Å². The van der Waals surface area contributed by atoms with Gasteiger partial charge in [-0.25, -0.2) is 0 Å². The number of rotatable bonds is 3. The van der Waals surface area contributed by atoms with Gasteiger partial charge in [-0.15, -0.1) is 11.3 Å². The average molecular weight is 589 g/mol. The first-order valence-corrected chi connectivity index (χ1v) is 13.5. The Bertz CT molecular complexity index is 3890. The van der Waals surface area contributed by atoms with Gasteiger partial charge in [0.15, 0.2) is 0 Å². The third-order valence-corrected chi connectivity index (χ3v) is 7.84. The zero-order valence-corrected chi connectivity index (χ0v) is 22.2.